The highest BCUT2D eigenvalue weighted by atomic mass is 32.2. The number of thioether (sulfide) groups is 1. The van der Waals surface area contributed by atoms with Crippen LogP contribution in [0.2, 0.25) is 0 Å². The highest BCUT2D eigenvalue weighted by Crippen LogP contribution is 2.36. The monoisotopic (exact) mass is 304 g/mol. The average Bonchev–Trinajstić information content (AvgIpc) is 2.53. The molecule has 3 rings (SSSR count). The number of rotatable bonds is 5. The van der Waals surface area contributed by atoms with E-state index in [4.69, 9.17) is 9.47 Å². The first kappa shape index (κ1) is 14.3. The van der Waals surface area contributed by atoms with Crippen molar-refractivity contribution < 1.29 is 9.47 Å². The number of nitrogens with one attached hydrogen (secondary N) is 1. The average molecular weight is 304 g/mol. The lowest BCUT2D eigenvalue weighted by Gasteiger charge is -2.21. The minimum absolute atomic E-state index is 0.423. The lowest BCUT2D eigenvalue weighted by atomic mass is 10.1. The van der Waals surface area contributed by atoms with Gasteiger partial charge in [-0.15, -0.1) is 0 Å². The van der Waals surface area contributed by atoms with E-state index in [1.807, 2.05) is 36.2 Å². The van der Waals surface area contributed by atoms with Crippen molar-refractivity contribution in [3.05, 3.63) is 24.4 Å². The largest absolute Gasteiger partial charge is 0.486 e. The Hall–Kier alpha value is -1.62. The predicted octanol–water partition coefficient (Wildman–Crippen LogP) is 3.56. The van der Waals surface area contributed by atoms with Crippen molar-refractivity contribution in [1.82, 2.24) is 4.98 Å². The van der Waals surface area contributed by atoms with Crippen LogP contribution in [0.4, 0.5) is 5.82 Å². The Morgan fingerprint density at radius 3 is 2.76 bits per heavy atom. The Morgan fingerprint density at radius 1 is 1.29 bits per heavy atom. The van der Waals surface area contributed by atoms with Gasteiger partial charge in [-0.25, -0.2) is 4.98 Å². The number of anilines is 1. The minimum Gasteiger partial charge on any atom is -0.486 e. The molecule has 21 heavy (non-hydrogen) atoms. The molecule has 1 aliphatic heterocycles. The molecule has 1 aliphatic rings. The molecule has 0 amide bonds. The molecule has 0 aliphatic carbocycles. The van der Waals surface area contributed by atoms with E-state index in [2.05, 4.69) is 23.5 Å². The third-order valence-corrected chi connectivity index (χ3v) is 4.36. The molecule has 112 valence electrons. The van der Waals surface area contributed by atoms with Crippen molar-refractivity contribution in [3.8, 4) is 11.5 Å². The fourth-order valence-electron chi connectivity index (χ4n) is 2.48. The number of fused-ring (bicyclic) bond motifs is 2. The van der Waals surface area contributed by atoms with Crippen LogP contribution < -0.4 is 14.8 Å². The lowest BCUT2D eigenvalue weighted by molar-refractivity contribution is 0.172. The molecule has 1 N–H and O–H groups in total. The third kappa shape index (κ3) is 3.02. The standard InChI is InChI=1S/C16H20N2O2S/c1-3-12(10-21-2)18-16-13-9-15-14(19-6-7-20-15)8-11(13)4-5-17-16/h4-5,8-9,12H,3,6-7,10H2,1-2H3,(H,17,18). The number of hydrogen-bond donors (Lipinski definition) is 1. The van der Waals surface area contributed by atoms with Crippen molar-refractivity contribution in [2.24, 2.45) is 0 Å². The van der Waals surface area contributed by atoms with Crippen LogP contribution >= 0.6 is 11.8 Å². The Balaban J connectivity index is 1.98. The van der Waals surface area contributed by atoms with Gasteiger partial charge in [0.05, 0.1) is 0 Å². The predicted molar refractivity (Wildman–Crippen MR) is 88.8 cm³/mol. The van der Waals surface area contributed by atoms with Crippen LogP contribution in [0.3, 0.4) is 0 Å². The van der Waals surface area contributed by atoms with Crippen LogP contribution in [0.15, 0.2) is 24.4 Å². The summed E-state index contributed by atoms with van der Waals surface area (Å²) < 4.78 is 11.3. The second-order valence-corrected chi connectivity index (χ2v) is 5.99. The van der Waals surface area contributed by atoms with Gasteiger partial charge in [-0.2, -0.15) is 11.8 Å². The highest BCUT2D eigenvalue weighted by molar-refractivity contribution is 7.98. The van der Waals surface area contributed by atoms with Crippen molar-refractivity contribution in [2.45, 2.75) is 19.4 Å². The summed E-state index contributed by atoms with van der Waals surface area (Å²) in [5, 5.41) is 5.76. The van der Waals surface area contributed by atoms with Crippen LogP contribution in [-0.2, 0) is 0 Å². The summed E-state index contributed by atoms with van der Waals surface area (Å²) in [6, 6.07) is 6.50. The van der Waals surface area contributed by atoms with Crippen molar-refractivity contribution >= 4 is 28.4 Å². The van der Waals surface area contributed by atoms with Crippen LogP contribution in [0.5, 0.6) is 11.5 Å². The maximum absolute atomic E-state index is 5.68. The van der Waals surface area contributed by atoms with E-state index >= 15 is 0 Å². The summed E-state index contributed by atoms with van der Waals surface area (Å²) in [5.74, 6) is 3.62. The van der Waals surface area contributed by atoms with Gasteiger partial charge in [0.1, 0.15) is 19.0 Å². The van der Waals surface area contributed by atoms with Crippen LogP contribution in [0, 0.1) is 0 Å². The summed E-state index contributed by atoms with van der Waals surface area (Å²) in [4.78, 5) is 4.51. The third-order valence-electron chi connectivity index (χ3n) is 3.63. The molecule has 1 unspecified atom stereocenters. The molecule has 2 heterocycles. The van der Waals surface area contributed by atoms with Gasteiger partial charge in [-0.3, -0.25) is 0 Å². The van der Waals surface area contributed by atoms with Gasteiger partial charge in [0.2, 0.25) is 0 Å². The summed E-state index contributed by atoms with van der Waals surface area (Å²) in [7, 11) is 0. The Morgan fingerprint density at radius 2 is 2.05 bits per heavy atom. The first-order chi connectivity index (χ1) is 10.3. The molecule has 0 fully saturated rings. The summed E-state index contributed by atoms with van der Waals surface area (Å²) >= 11 is 1.85. The van der Waals surface area contributed by atoms with Gasteiger partial charge in [0, 0.05) is 23.4 Å². The van der Waals surface area contributed by atoms with Crippen molar-refractivity contribution in [1.29, 1.82) is 0 Å². The lowest BCUT2D eigenvalue weighted by Crippen LogP contribution is -2.22. The molecule has 0 bridgehead atoms. The molecule has 1 atom stereocenters. The fraction of sp³-hybridized carbons (Fsp3) is 0.438. The van der Waals surface area contributed by atoms with Crippen LogP contribution in [0.1, 0.15) is 13.3 Å². The maximum atomic E-state index is 5.68. The van der Waals surface area contributed by atoms with E-state index in [0.717, 1.165) is 40.3 Å². The smallest absolute Gasteiger partial charge is 0.162 e. The van der Waals surface area contributed by atoms with Crippen molar-refractivity contribution in [3.63, 3.8) is 0 Å². The molecule has 5 heteroatoms. The Labute approximate surface area is 129 Å². The minimum atomic E-state index is 0.423. The zero-order valence-electron chi connectivity index (χ0n) is 12.4. The van der Waals surface area contributed by atoms with Gasteiger partial charge >= 0.3 is 0 Å². The molecular weight excluding hydrogens is 284 g/mol. The highest BCUT2D eigenvalue weighted by Gasteiger charge is 2.15. The van der Waals surface area contributed by atoms with Crippen LogP contribution in [0.25, 0.3) is 10.8 Å². The maximum Gasteiger partial charge on any atom is 0.162 e. The summed E-state index contributed by atoms with van der Waals surface area (Å²) in [5.41, 5.74) is 0. The molecule has 0 spiro atoms. The van der Waals surface area contributed by atoms with Crippen LogP contribution in [-0.4, -0.2) is 36.2 Å². The van der Waals surface area contributed by atoms with Gasteiger partial charge in [-0.1, -0.05) is 6.92 Å². The Bertz CT molecular complexity index is 633. The molecule has 2 aromatic rings. The van der Waals surface area contributed by atoms with E-state index < -0.39 is 0 Å². The zero-order chi connectivity index (χ0) is 14.7. The molecule has 0 radical (unpaired) electrons. The molecule has 0 saturated heterocycles. The number of pyridine rings is 1. The molecule has 4 nitrogen and oxygen atoms in total. The van der Waals surface area contributed by atoms with Crippen molar-refractivity contribution in [2.75, 3.05) is 30.5 Å². The summed E-state index contributed by atoms with van der Waals surface area (Å²) in [6.07, 6.45) is 5.04. The topological polar surface area (TPSA) is 43.4 Å². The normalized spacial score (nSPS) is 15.0. The second-order valence-electron chi connectivity index (χ2n) is 5.08. The molecule has 1 aromatic carbocycles. The van der Waals surface area contributed by atoms with Gasteiger partial charge in [0.15, 0.2) is 11.5 Å². The quantitative estimate of drug-likeness (QED) is 0.915. The fourth-order valence-corrected chi connectivity index (χ4v) is 3.20. The van der Waals surface area contributed by atoms with E-state index in [0.29, 0.717) is 19.3 Å². The molecule has 1 aromatic heterocycles. The number of benzene rings is 1. The van der Waals surface area contributed by atoms with Gasteiger partial charge < -0.3 is 14.8 Å². The number of ether oxygens (including phenoxy) is 2. The zero-order valence-corrected chi connectivity index (χ0v) is 13.2. The first-order valence-electron chi connectivity index (χ1n) is 7.25. The summed E-state index contributed by atoms with van der Waals surface area (Å²) in [6.45, 7) is 3.41. The van der Waals surface area contributed by atoms with E-state index in [1.165, 1.54) is 0 Å². The first-order valence-corrected chi connectivity index (χ1v) is 8.65. The van der Waals surface area contributed by atoms with E-state index in [9.17, 15) is 0 Å². The van der Waals surface area contributed by atoms with Gasteiger partial charge in [-0.05, 0) is 36.3 Å². The number of nitrogens with zero attached hydrogens (tertiary/aromatic N) is 1. The van der Waals surface area contributed by atoms with E-state index in [1.54, 1.807) is 0 Å². The molecular formula is C16H20N2O2S. The second kappa shape index (κ2) is 6.43. The van der Waals surface area contributed by atoms with Gasteiger partial charge in [0.25, 0.3) is 0 Å². The SMILES string of the molecule is CCC(CSC)Nc1nccc2cc3c(cc12)OCCO3. The number of hydrogen-bond acceptors (Lipinski definition) is 5. The number of aromatic nitrogens is 1. The van der Waals surface area contributed by atoms with E-state index in [-0.39, 0.29) is 0 Å². The molecule has 0 saturated carbocycles. The Kier molecular flexibility index (Phi) is 4.39.